The third-order valence-corrected chi connectivity index (χ3v) is 6.72. The molecule has 0 aliphatic carbocycles. The first-order chi connectivity index (χ1) is 11.2. The van der Waals surface area contributed by atoms with E-state index in [1.54, 1.807) is 12.1 Å². The van der Waals surface area contributed by atoms with E-state index in [4.69, 9.17) is 0 Å². The highest BCUT2D eigenvalue weighted by atomic mass is 32.2. The van der Waals surface area contributed by atoms with E-state index in [9.17, 15) is 9.18 Å². The maximum absolute atomic E-state index is 12.9. The van der Waals surface area contributed by atoms with Gasteiger partial charge in [-0.05, 0) is 41.8 Å². The first kappa shape index (κ1) is 16.4. The predicted octanol–water partition coefficient (Wildman–Crippen LogP) is 4.88. The molecule has 5 heteroatoms. The van der Waals surface area contributed by atoms with Crippen LogP contribution >= 0.6 is 23.5 Å². The first-order valence-electron chi connectivity index (χ1n) is 7.58. The van der Waals surface area contributed by atoms with Crippen molar-refractivity contribution in [2.45, 2.75) is 17.4 Å². The minimum atomic E-state index is -0.252. The highest BCUT2D eigenvalue weighted by Crippen LogP contribution is 2.45. The van der Waals surface area contributed by atoms with Crippen LogP contribution in [0.3, 0.4) is 0 Å². The summed E-state index contributed by atoms with van der Waals surface area (Å²) in [4.78, 5) is 12.1. The van der Waals surface area contributed by atoms with Crippen LogP contribution in [0.2, 0.25) is 0 Å². The lowest BCUT2D eigenvalue weighted by molar-refractivity contribution is -0.116. The number of amides is 1. The number of hydrogen-bond acceptors (Lipinski definition) is 3. The van der Waals surface area contributed by atoms with Crippen molar-refractivity contribution < 1.29 is 9.18 Å². The number of hydrogen-bond donors (Lipinski definition) is 1. The minimum absolute atomic E-state index is 0.0156. The van der Waals surface area contributed by atoms with Gasteiger partial charge in [-0.25, -0.2) is 4.39 Å². The second-order valence-corrected chi connectivity index (χ2v) is 8.10. The number of halogens is 1. The summed E-state index contributed by atoms with van der Waals surface area (Å²) >= 11 is 3.90. The van der Waals surface area contributed by atoms with Gasteiger partial charge < -0.3 is 5.32 Å². The van der Waals surface area contributed by atoms with E-state index in [0.29, 0.717) is 17.4 Å². The number of carbonyl (C=O) groups is 1. The Hall–Kier alpha value is -1.46. The lowest BCUT2D eigenvalue weighted by Gasteiger charge is -2.11. The normalized spacial score (nSPS) is 14.8. The Morgan fingerprint density at radius 2 is 1.87 bits per heavy atom. The van der Waals surface area contributed by atoms with Crippen molar-refractivity contribution in [1.29, 1.82) is 0 Å². The molecule has 0 spiro atoms. The van der Waals surface area contributed by atoms with Gasteiger partial charge in [0.25, 0.3) is 0 Å². The van der Waals surface area contributed by atoms with Gasteiger partial charge in [-0.1, -0.05) is 24.3 Å². The summed E-state index contributed by atoms with van der Waals surface area (Å²) in [6, 6.07) is 14.4. The number of anilines is 1. The van der Waals surface area contributed by atoms with Gasteiger partial charge in [0.05, 0.1) is 4.58 Å². The van der Waals surface area contributed by atoms with Gasteiger partial charge in [0.2, 0.25) is 5.91 Å². The third-order valence-electron chi connectivity index (χ3n) is 3.62. The molecule has 120 valence electrons. The molecule has 0 bridgehead atoms. The van der Waals surface area contributed by atoms with Crippen molar-refractivity contribution in [2.75, 3.05) is 16.8 Å². The Morgan fingerprint density at radius 3 is 2.61 bits per heavy atom. The summed E-state index contributed by atoms with van der Waals surface area (Å²) in [5.74, 6) is 2.10. The Bertz CT molecular complexity index is 669. The van der Waals surface area contributed by atoms with E-state index in [-0.39, 0.29) is 11.7 Å². The van der Waals surface area contributed by atoms with Crippen LogP contribution < -0.4 is 5.32 Å². The van der Waals surface area contributed by atoms with E-state index in [1.165, 1.54) is 29.2 Å². The van der Waals surface area contributed by atoms with Crippen LogP contribution in [0.1, 0.15) is 22.1 Å². The fourth-order valence-electron chi connectivity index (χ4n) is 2.45. The van der Waals surface area contributed by atoms with Crippen LogP contribution in [0.4, 0.5) is 10.1 Å². The van der Waals surface area contributed by atoms with Gasteiger partial charge >= 0.3 is 0 Å². The van der Waals surface area contributed by atoms with E-state index < -0.39 is 0 Å². The molecule has 2 nitrogen and oxygen atoms in total. The van der Waals surface area contributed by atoms with E-state index in [1.807, 2.05) is 35.7 Å². The standard InChI is InChI=1S/C18H18FNOS2/c19-15-7-4-13(5-8-15)6-9-17(21)20-16-3-1-2-14(12-16)18-22-10-11-23-18/h1-5,7-8,12,18H,6,9-11H2,(H,20,21). The largest absolute Gasteiger partial charge is 0.326 e. The lowest BCUT2D eigenvalue weighted by Crippen LogP contribution is -2.12. The molecule has 0 saturated carbocycles. The van der Waals surface area contributed by atoms with Gasteiger partial charge in [-0.2, -0.15) is 0 Å². The number of thioether (sulfide) groups is 2. The van der Waals surface area contributed by atoms with Gasteiger partial charge in [-0.3, -0.25) is 4.79 Å². The van der Waals surface area contributed by atoms with E-state index in [2.05, 4.69) is 17.4 Å². The van der Waals surface area contributed by atoms with Crippen LogP contribution in [0.15, 0.2) is 48.5 Å². The van der Waals surface area contributed by atoms with Crippen LogP contribution in [0.25, 0.3) is 0 Å². The number of rotatable bonds is 5. The molecule has 1 heterocycles. The Balaban J connectivity index is 1.55. The molecule has 0 unspecified atom stereocenters. The van der Waals surface area contributed by atoms with Crippen LogP contribution in [0, 0.1) is 5.82 Å². The fourth-order valence-corrected chi connectivity index (χ4v) is 5.28. The molecule has 1 aliphatic heterocycles. The maximum Gasteiger partial charge on any atom is 0.224 e. The molecule has 1 aliphatic rings. The van der Waals surface area contributed by atoms with Crippen molar-refractivity contribution in [3.8, 4) is 0 Å². The molecule has 0 aromatic heterocycles. The molecule has 23 heavy (non-hydrogen) atoms. The van der Waals surface area contributed by atoms with Crippen molar-refractivity contribution in [1.82, 2.24) is 0 Å². The topological polar surface area (TPSA) is 29.1 Å². The maximum atomic E-state index is 12.9. The van der Waals surface area contributed by atoms with Gasteiger partial charge in [0, 0.05) is 23.6 Å². The number of nitrogens with one attached hydrogen (secondary N) is 1. The Kier molecular flexibility index (Phi) is 5.62. The highest BCUT2D eigenvalue weighted by Gasteiger charge is 2.18. The van der Waals surface area contributed by atoms with Crippen molar-refractivity contribution in [3.63, 3.8) is 0 Å². The quantitative estimate of drug-likeness (QED) is 0.836. The summed E-state index contributed by atoms with van der Waals surface area (Å²) in [6.45, 7) is 0. The smallest absolute Gasteiger partial charge is 0.224 e. The molecule has 2 aromatic rings. The molecular weight excluding hydrogens is 329 g/mol. The molecule has 1 amide bonds. The average Bonchev–Trinajstić information content (AvgIpc) is 3.09. The van der Waals surface area contributed by atoms with Crippen molar-refractivity contribution in [2.24, 2.45) is 0 Å². The summed E-state index contributed by atoms with van der Waals surface area (Å²) < 4.78 is 13.3. The highest BCUT2D eigenvalue weighted by molar-refractivity contribution is 8.19. The SMILES string of the molecule is O=C(CCc1ccc(F)cc1)Nc1cccc(C2SCCS2)c1. The summed E-state index contributed by atoms with van der Waals surface area (Å²) in [5.41, 5.74) is 3.07. The fraction of sp³-hybridized carbons (Fsp3) is 0.278. The van der Waals surface area contributed by atoms with Crippen LogP contribution in [-0.4, -0.2) is 17.4 Å². The first-order valence-corrected chi connectivity index (χ1v) is 9.68. The molecule has 1 saturated heterocycles. The van der Waals surface area contributed by atoms with E-state index >= 15 is 0 Å². The molecule has 2 aromatic carbocycles. The van der Waals surface area contributed by atoms with Gasteiger partial charge in [0.15, 0.2) is 0 Å². The van der Waals surface area contributed by atoms with Crippen LogP contribution in [-0.2, 0) is 11.2 Å². The average molecular weight is 347 g/mol. The molecule has 0 atom stereocenters. The zero-order valence-corrected chi connectivity index (χ0v) is 14.3. The lowest BCUT2D eigenvalue weighted by atomic mass is 10.1. The number of benzene rings is 2. The molecule has 1 fully saturated rings. The predicted molar refractivity (Wildman–Crippen MR) is 97.4 cm³/mol. The van der Waals surface area contributed by atoms with Crippen LogP contribution in [0.5, 0.6) is 0 Å². The summed E-state index contributed by atoms with van der Waals surface area (Å²) in [5, 5.41) is 2.96. The summed E-state index contributed by atoms with van der Waals surface area (Å²) in [6.07, 6.45) is 1.00. The van der Waals surface area contributed by atoms with E-state index in [0.717, 1.165) is 11.3 Å². The number of carbonyl (C=O) groups excluding carboxylic acids is 1. The second-order valence-electron chi connectivity index (χ2n) is 5.37. The second kappa shape index (κ2) is 7.88. The number of aryl methyl sites for hydroxylation is 1. The van der Waals surface area contributed by atoms with Gasteiger partial charge in [0.1, 0.15) is 5.82 Å². The minimum Gasteiger partial charge on any atom is -0.326 e. The van der Waals surface area contributed by atoms with Crippen molar-refractivity contribution >= 4 is 35.1 Å². The summed E-state index contributed by atoms with van der Waals surface area (Å²) in [7, 11) is 0. The third kappa shape index (κ3) is 4.75. The Labute approximate surface area is 144 Å². The zero-order chi connectivity index (χ0) is 16.1. The Morgan fingerprint density at radius 1 is 1.13 bits per heavy atom. The zero-order valence-electron chi connectivity index (χ0n) is 12.6. The molecular formula is C18H18FNOS2. The monoisotopic (exact) mass is 347 g/mol. The van der Waals surface area contributed by atoms with Gasteiger partial charge in [-0.15, -0.1) is 23.5 Å². The molecule has 0 radical (unpaired) electrons. The molecule has 3 rings (SSSR count). The molecule has 1 N–H and O–H groups in total. The van der Waals surface area contributed by atoms with Crippen molar-refractivity contribution in [3.05, 3.63) is 65.5 Å².